The SMILES string of the molecule is [2H]c1c([2H])c([2H])c(-c2cnc(-n3c4[c-]c(Oc5[c-]c(-n6[c-][n+](-c7c(-c8c([2H])c(-c9c([2H])c([2H])c([2H])c([2H])c9[2H])c([2H])c(-c9c([2H])c([2H])c([2H])c([2H])c9[2H])c8[2H])cccc7[Si](c7c([2H])c([2H])c([2H])c([2H])c7[2H])(c7c([2H])c([2H])c([2H])c([2H])c7[2H])c7c([2H])c([2H])c([2H])c([2H])c7[2H])c7ccc(-c8c([2H])c([2H])c([2H])c([Si](c9c([2H])c([2H])c([2H])c([2H])c9[2H])(c9c([2H])c([2H])c([2H])c([2H])c9[2H])c9c([2H])c([2H])c([2H])c([2H])c9[2H])c8[2H])cc76)ccc5)ccc4c4ccccc43)cc2C([2H])([2H])[2H])c([2H])c1[2H].[Pt]. The Labute approximate surface area is 741 Å². The maximum absolute atomic E-state index is 11.1. The van der Waals surface area contributed by atoms with Gasteiger partial charge in [0.1, 0.15) is 5.82 Å². The van der Waals surface area contributed by atoms with Gasteiger partial charge in [-0.3, -0.25) is 4.57 Å². The number of ether oxygens (including phenoxy) is 1. The second-order valence-corrected chi connectivity index (χ2v) is 31.0. The Balaban J connectivity index is 0.0000176. The molecule has 0 unspecified atom stereocenters. The number of imidazole rings is 1. The number of para-hydroxylation sites is 2. The van der Waals surface area contributed by atoms with E-state index in [9.17, 15) is 52.1 Å². The minimum absolute atomic E-state index is 0. The molecule has 19 aromatic rings. The summed E-state index contributed by atoms with van der Waals surface area (Å²) in [4.78, 5) is 4.66. The van der Waals surface area contributed by atoms with Gasteiger partial charge < -0.3 is 13.9 Å². The first-order valence-corrected chi connectivity index (χ1v) is 37.0. The van der Waals surface area contributed by atoms with Crippen molar-refractivity contribution in [2.24, 2.45) is 0 Å². The number of fused-ring (bicyclic) bond motifs is 4. The topological polar surface area (TPSA) is 35.9 Å². The fraction of sp³-hybridized carbons (Fsp3) is 0.00971. The summed E-state index contributed by atoms with van der Waals surface area (Å²) in [6.07, 6.45) is 4.15. The molecule has 0 amide bonds. The van der Waals surface area contributed by atoms with Gasteiger partial charge >= 0.3 is 0 Å². The molecular weight excluding hydrogens is 1560 g/mol. The number of aryl methyl sites for hydroxylation is 1. The van der Waals surface area contributed by atoms with Gasteiger partial charge in [-0.25, -0.2) is 4.98 Å². The summed E-state index contributed by atoms with van der Waals surface area (Å²) in [6.45, 7) is -3.13. The van der Waals surface area contributed by atoms with Crippen molar-refractivity contribution in [3.05, 3.63) is 441 Å². The van der Waals surface area contributed by atoms with Crippen LogP contribution in [-0.4, -0.2) is 30.3 Å². The van der Waals surface area contributed by atoms with Crippen LogP contribution in [0, 0.1) is 25.3 Å². The summed E-state index contributed by atoms with van der Waals surface area (Å²) in [5.74, 6) is -0.839. The third kappa shape index (κ3) is 12.6. The molecule has 16 aromatic carbocycles. The molecule has 8 heteroatoms. The van der Waals surface area contributed by atoms with Crippen molar-refractivity contribution in [1.29, 1.82) is 0 Å². The normalized spacial score (nSPS) is 18.6. The van der Waals surface area contributed by atoms with Gasteiger partial charge in [-0.2, -0.15) is 18.2 Å². The number of pyridine rings is 1. The molecule has 5 nitrogen and oxygen atoms in total. The van der Waals surface area contributed by atoms with E-state index in [1.54, 1.807) is 30.3 Å². The van der Waals surface area contributed by atoms with Crippen molar-refractivity contribution >= 4 is 90.5 Å². The molecule has 0 aliphatic heterocycles. The molecular formula is C103H72N4OPtSi2-2. The van der Waals surface area contributed by atoms with Crippen LogP contribution in [0.1, 0.15) is 81.0 Å². The van der Waals surface area contributed by atoms with Crippen molar-refractivity contribution in [2.45, 2.75) is 6.85 Å². The van der Waals surface area contributed by atoms with E-state index in [0.717, 1.165) is 57.8 Å². The Kier molecular flexibility index (Phi) is 8.64. The van der Waals surface area contributed by atoms with Crippen molar-refractivity contribution in [2.75, 3.05) is 0 Å². The van der Waals surface area contributed by atoms with E-state index < -0.39 is 462 Å². The van der Waals surface area contributed by atoms with Gasteiger partial charge in [0.15, 0.2) is 16.1 Å². The van der Waals surface area contributed by atoms with Crippen LogP contribution in [-0.2, 0) is 21.1 Å². The number of benzene rings is 16. The van der Waals surface area contributed by atoms with E-state index in [4.69, 9.17) is 28.0 Å². The smallest absolute Gasteiger partial charge is 0.268 e. The van der Waals surface area contributed by atoms with Crippen molar-refractivity contribution < 1.29 is 106 Å². The van der Waals surface area contributed by atoms with Crippen molar-refractivity contribution in [1.82, 2.24) is 14.1 Å². The minimum atomic E-state index is -6.98. The first-order chi connectivity index (χ1) is 77.3. The summed E-state index contributed by atoms with van der Waals surface area (Å²) in [7, 11) is -13.8. The zero-order valence-electron chi connectivity index (χ0n) is 111. The number of nitrogens with zero attached hydrogens (tertiary/aromatic N) is 4. The second kappa shape index (κ2) is 30.1. The van der Waals surface area contributed by atoms with Crippen LogP contribution < -0.4 is 50.8 Å². The molecule has 0 atom stereocenters. The van der Waals surface area contributed by atoms with Gasteiger partial charge in [0.05, 0.1) is 88.0 Å². The van der Waals surface area contributed by atoms with E-state index in [0.29, 0.717) is 16.3 Å². The van der Waals surface area contributed by atoms with Gasteiger partial charge in [0, 0.05) is 54.0 Å². The number of aromatic nitrogens is 4. The summed E-state index contributed by atoms with van der Waals surface area (Å²) >= 11 is 0. The fourth-order valence-corrected chi connectivity index (χ4v) is 21.0. The van der Waals surface area contributed by atoms with E-state index in [1.807, 2.05) is 0 Å². The van der Waals surface area contributed by atoms with E-state index in [2.05, 4.69) is 23.4 Å². The number of hydrogen-bond acceptors (Lipinski definition) is 2. The Hall–Kier alpha value is -13.1. The van der Waals surface area contributed by atoms with Crippen LogP contribution in [0.2, 0.25) is 0 Å². The van der Waals surface area contributed by atoms with Crippen LogP contribution >= 0.6 is 0 Å². The molecule has 3 aromatic heterocycles. The van der Waals surface area contributed by atoms with Crippen LogP contribution in [0.4, 0.5) is 0 Å². The zero-order chi connectivity index (χ0) is 121. The van der Waals surface area contributed by atoms with E-state index in [1.165, 1.54) is 28.8 Å². The predicted octanol–water partition coefficient (Wildman–Crippen LogP) is 19.0. The molecule has 0 bridgehead atoms. The molecule has 0 N–H and O–H groups in total. The van der Waals surface area contributed by atoms with Gasteiger partial charge in [-0.05, 0) is 151 Å². The van der Waals surface area contributed by atoms with Crippen molar-refractivity contribution in [3.8, 4) is 84.3 Å². The molecule has 530 valence electrons. The maximum Gasteiger partial charge on any atom is 0.268 e. The quantitative estimate of drug-likeness (QED) is 0.0371. The third-order valence-corrected chi connectivity index (χ3v) is 26.2. The molecule has 19 rings (SSSR count). The molecule has 0 spiro atoms. The molecule has 0 radical (unpaired) electrons. The Morgan fingerprint density at radius 2 is 0.874 bits per heavy atom. The molecule has 0 saturated carbocycles. The van der Waals surface area contributed by atoms with Crippen LogP contribution in [0.3, 0.4) is 0 Å². The van der Waals surface area contributed by atoms with E-state index in [-0.39, 0.29) is 43.7 Å². The number of rotatable bonds is 18. The average molecular weight is 1690 g/mol. The van der Waals surface area contributed by atoms with E-state index >= 15 is 0 Å². The third-order valence-electron chi connectivity index (χ3n) is 18.0. The van der Waals surface area contributed by atoms with Gasteiger partial charge in [0.25, 0.3) is 6.33 Å². The Morgan fingerprint density at radius 1 is 0.378 bits per heavy atom. The standard InChI is InChI=1S/C103H72N4OSi2.Pt/c1-74-64-102(104-72-96(74)77-38-15-4-16-39-77)107-97-58-30-29-56-94(97)95-62-61-85(71-99(95)107)108-84-42-32-41-83(70-84)105-73-106(98-63-60-79(69-100(98)105)78-40-31-55-92(68-78)109(86-43-17-5-18-44-86,87-45-19-6-20-46-87)88-47-21-7-22-48-88)103-93(82-66-80(75-34-11-2-12-35-75)65-81(67-82)76-36-13-3-14-37-76)57-33-59-101(103)110(89-49-23-8-24-50-89,90-51-25-9-26-52-90)91-53-27-10-28-54-91;/h2-69,72H,1H3;/q-2;/i1D3,2D,3D,4D,5D,6D,7D,8D,9D,10D,11D,12D,13D,14D,15D,16D,17D,18D,19D,20D,21D,22D,23D,24D,25D,26D,27D,28D,31D,34D,35D,36D,37D,38D,39D,40D,43D,44D,45D,46D,47D,48D,49D,50D,51D,52D,53D,54D,55D,65D,66D,67D,68D;. The fourth-order valence-electron chi connectivity index (χ4n) is 13.4. The molecule has 0 saturated heterocycles. The van der Waals surface area contributed by atoms with Gasteiger partial charge in [-0.1, -0.05) is 350 Å². The second-order valence-electron chi connectivity index (χ2n) is 24.0. The minimum Gasteiger partial charge on any atom is -0.510 e. The van der Waals surface area contributed by atoms with Crippen LogP contribution in [0.5, 0.6) is 11.5 Å². The van der Waals surface area contributed by atoms with Crippen molar-refractivity contribution in [3.63, 3.8) is 0 Å². The summed E-state index contributed by atoms with van der Waals surface area (Å²) in [5, 5.41) is -9.16. The first kappa shape index (κ1) is 31.8. The summed E-state index contributed by atoms with van der Waals surface area (Å²) in [6, 6.07) is -39.7. The Bertz CT molecular complexity index is 9380. The average Bonchev–Trinajstić information content (AvgIpc) is 0.983. The number of hydrogen-bond donors (Lipinski definition) is 0. The molecule has 0 aliphatic carbocycles. The summed E-state index contributed by atoms with van der Waals surface area (Å²) in [5.41, 5.74) is -12.1. The molecule has 111 heavy (non-hydrogen) atoms. The molecule has 0 fully saturated rings. The van der Waals surface area contributed by atoms with Gasteiger partial charge in [0.2, 0.25) is 0 Å². The summed E-state index contributed by atoms with van der Waals surface area (Å²) < 4.78 is 538. The monoisotopic (exact) mass is 1690 g/mol. The molecule has 3 heterocycles. The van der Waals surface area contributed by atoms with Crippen LogP contribution in [0.25, 0.3) is 106 Å². The largest absolute Gasteiger partial charge is 0.510 e. The predicted molar refractivity (Wildman–Crippen MR) is 459 cm³/mol. The van der Waals surface area contributed by atoms with Crippen LogP contribution in [0.15, 0.2) is 417 Å². The zero-order valence-corrected chi connectivity index (χ0v) is 60.6. The van der Waals surface area contributed by atoms with Gasteiger partial charge in [-0.15, -0.1) is 29.7 Å². The first-order valence-electron chi connectivity index (χ1n) is 60.5. The molecule has 0 aliphatic rings. The Morgan fingerprint density at radius 3 is 1.44 bits per heavy atom. The maximum atomic E-state index is 11.1.